The zero-order chi connectivity index (χ0) is 17.2. The van der Waals surface area contributed by atoms with E-state index in [0.29, 0.717) is 6.54 Å². The van der Waals surface area contributed by atoms with Gasteiger partial charge in [0.05, 0.1) is 17.8 Å². The highest BCUT2D eigenvalue weighted by molar-refractivity contribution is 7.80. The lowest BCUT2D eigenvalue weighted by atomic mass is 10.0. The first-order valence-electron chi connectivity index (χ1n) is 8.25. The number of rotatable bonds is 4. The molecule has 2 N–H and O–H groups in total. The molecule has 1 aliphatic rings. The van der Waals surface area contributed by atoms with Crippen molar-refractivity contribution in [3.63, 3.8) is 0 Å². The summed E-state index contributed by atoms with van der Waals surface area (Å²) in [4.78, 5) is 14.4. The van der Waals surface area contributed by atoms with E-state index in [1.165, 1.54) is 0 Å². The second-order valence-electron chi connectivity index (χ2n) is 6.21. The van der Waals surface area contributed by atoms with Crippen LogP contribution >= 0.6 is 12.2 Å². The molecule has 126 valence electrons. The molecular formula is C19H19N5S. The summed E-state index contributed by atoms with van der Waals surface area (Å²) in [5.74, 6) is 0. The molecule has 1 aliphatic heterocycles. The molecule has 0 saturated carbocycles. The molecule has 25 heavy (non-hydrogen) atoms. The first-order chi connectivity index (χ1) is 12.2. The van der Waals surface area contributed by atoms with Gasteiger partial charge in [0, 0.05) is 36.5 Å². The smallest absolute Gasteiger partial charge is 0.170 e. The van der Waals surface area contributed by atoms with Gasteiger partial charge in [0.2, 0.25) is 0 Å². The number of aromatic amines is 1. The van der Waals surface area contributed by atoms with Crippen molar-refractivity contribution in [3.8, 4) is 0 Å². The maximum atomic E-state index is 5.65. The van der Waals surface area contributed by atoms with E-state index in [2.05, 4.69) is 50.3 Å². The minimum Gasteiger partial charge on any atom is -0.361 e. The van der Waals surface area contributed by atoms with E-state index < -0.39 is 0 Å². The summed E-state index contributed by atoms with van der Waals surface area (Å²) < 4.78 is 0. The van der Waals surface area contributed by atoms with Crippen molar-refractivity contribution in [1.82, 2.24) is 25.2 Å². The van der Waals surface area contributed by atoms with Gasteiger partial charge in [-0.15, -0.1) is 0 Å². The van der Waals surface area contributed by atoms with Crippen molar-refractivity contribution in [2.24, 2.45) is 0 Å². The van der Waals surface area contributed by atoms with Gasteiger partial charge in [0.15, 0.2) is 5.11 Å². The van der Waals surface area contributed by atoms with Gasteiger partial charge in [-0.1, -0.05) is 12.1 Å². The molecule has 3 aromatic heterocycles. The Morgan fingerprint density at radius 3 is 2.72 bits per heavy atom. The number of hydrogen-bond acceptors (Lipinski definition) is 3. The number of nitrogens with one attached hydrogen (secondary N) is 2. The summed E-state index contributed by atoms with van der Waals surface area (Å²) in [6.07, 6.45) is 5.49. The molecule has 0 spiro atoms. The topological polar surface area (TPSA) is 56.8 Å². The Balaban J connectivity index is 1.72. The van der Waals surface area contributed by atoms with Gasteiger partial charge in [-0.25, -0.2) is 0 Å². The van der Waals surface area contributed by atoms with Crippen LogP contribution in [0.1, 0.15) is 34.7 Å². The predicted molar refractivity (Wildman–Crippen MR) is 101 cm³/mol. The van der Waals surface area contributed by atoms with Crippen molar-refractivity contribution in [2.75, 3.05) is 0 Å². The summed E-state index contributed by atoms with van der Waals surface area (Å²) in [5.41, 5.74) is 4.37. The summed E-state index contributed by atoms with van der Waals surface area (Å²) in [7, 11) is 0. The summed E-state index contributed by atoms with van der Waals surface area (Å²) >= 11 is 5.65. The first kappa shape index (κ1) is 15.8. The quantitative estimate of drug-likeness (QED) is 0.708. The maximum Gasteiger partial charge on any atom is 0.170 e. The lowest BCUT2D eigenvalue weighted by Crippen LogP contribution is -2.29. The molecule has 0 radical (unpaired) electrons. The van der Waals surface area contributed by atoms with Crippen LogP contribution in [0.2, 0.25) is 0 Å². The van der Waals surface area contributed by atoms with Crippen LogP contribution in [-0.4, -0.2) is 25.0 Å². The van der Waals surface area contributed by atoms with Crippen LogP contribution in [0.15, 0.2) is 61.1 Å². The van der Waals surface area contributed by atoms with Crippen molar-refractivity contribution in [2.45, 2.75) is 25.6 Å². The number of pyridine rings is 2. The highest BCUT2D eigenvalue weighted by atomic mass is 32.1. The molecule has 3 aromatic rings. The van der Waals surface area contributed by atoms with Crippen LogP contribution in [0.25, 0.3) is 0 Å². The van der Waals surface area contributed by atoms with Crippen LogP contribution in [-0.2, 0) is 6.54 Å². The van der Waals surface area contributed by atoms with Crippen molar-refractivity contribution >= 4 is 17.3 Å². The molecule has 0 unspecified atom stereocenters. The summed E-state index contributed by atoms with van der Waals surface area (Å²) in [6.45, 7) is 2.76. The molecule has 4 rings (SSSR count). The van der Waals surface area contributed by atoms with Crippen molar-refractivity contribution in [1.29, 1.82) is 0 Å². The average Bonchev–Trinajstić information content (AvgIpc) is 3.20. The minimum atomic E-state index is 0.00317. The normalized spacial score (nSPS) is 19.9. The fourth-order valence-corrected chi connectivity index (χ4v) is 3.61. The molecule has 4 heterocycles. The summed E-state index contributed by atoms with van der Waals surface area (Å²) in [5, 5.41) is 4.19. The van der Waals surface area contributed by atoms with E-state index in [-0.39, 0.29) is 12.1 Å². The van der Waals surface area contributed by atoms with Gasteiger partial charge < -0.3 is 15.2 Å². The second kappa shape index (κ2) is 6.64. The van der Waals surface area contributed by atoms with Crippen LogP contribution < -0.4 is 5.32 Å². The average molecular weight is 349 g/mol. The van der Waals surface area contributed by atoms with Crippen molar-refractivity contribution < 1.29 is 0 Å². The molecule has 1 fully saturated rings. The third-order valence-corrected chi connectivity index (χ3v) is 4.80. The van der Waals surface area contributed by atoms with Gasteiger partial charge in [0.25, 0.3) is 0 Å². The third-order valence-electron chi connectivity index (χ3n) is 4.45. The summed E-state index contributed by atoms with van der Waals surface area (Å²) in [6, 6.07) is 14.3. The number of hydrogen-bond donors (Lipinski definition) is 2. The van der Waals surface area contributed by atoms with E-state index in [0.717, 1.165) is 27.8 Å². The largest absolute Gasteiger partial charge is 0.361 e. The molecule has 0 bridgehead atoms. The monoisotopic (exact) mass is 349 g/mol. The Hall–Kier alpha value is -2.73. The Morgan fingerprint density at radius 2 is 2.04 bits per heavy atom. The van der Waals surface area contributed by atoms with Crippen LogP contribution in [0.4, 0.5) is 0 Å². The Kier molecular flexibility index (Phi) is 4.19. The number of H-pyrrole nitrogens is 1. The fourth-order valence-electron chi connectivity index (χ4n) is 3.30. The highest BCUT2D eigenvalue weighted by Crippen LogP contribution is 2.38. The SMILES string of the molecule is Cc1ccc([C@@H]2[C@@H](c3ccccn3)NC(=S)N2Cc2cccnc2)[nH]1. The maximum absolute atomic E-state index is 5.65. The number of aryl methyl sites for hydroxylation is 1. The highest BCUT2D eigenvalue weighted by Gasteiger charge is 2.40. The van der Waals surface area contributed by atoms with Crippen LogP contribution in [0, 0.1) is 6.92 Å². The Morgan fingerprint density at radius 1 is 1.12 bits per heavy atom. The van der Waals surface area contributed by atoms with E-state index in [4.69, 9.17) is 12.2 Å². The number of thiocarbonyl (C=S) groups is 1. The van der Waals surface area contributed by atoms with E-state index in [9.17, 15) is 0 Å². The lowest BCUT2D eigenvalue weighted by molar-refractivity contribution is 0.305. The van der Waals surface area contributed by atoms with E-state index in [1.807, 2.05) is 36.7 Å². The van der Waals surface area contributed by atoms with E-state index >= 15 is 0 Å². The molecule has 0 amide bonds. The standard InChI is InChI=1S/C19H19N5S/c1-13-7-8-16(22-13)18-17(15-6-2-3-10-21-15)23-19(25)24(18)12-14-5-4-9-20-11-14/h2-11,17-18,22H,12H2,1H3,(H,23,25)/t17-,18-/m1/s1. The van der Waals surface area contributed by atoms with Crippen molar-refractivity contribution in [3.05, 3.63) is 83.7 Å². The number of nitrogens with zero attached hydrogens (tertiary/aromatic N) is 3. The van der Waals surface area contributed by atoms with Crippen LogP contribution in [0.5, 0.6) is 0 Å². The van der Waals surface area contributed by atoms with Gasteiger partial charge in [-0.05, 0) is 55.0 Å². The van der Waals surface area contributed by atoms with Gasteiger partial charge in [-0.2, -0.15) is 0 Å². The molecule has 1 saturated heterocycles. The molecule has 2 atom stereocenters. The molecule has 0 aliphatic carbocycles. The predicted octanol–water partition coefficient (Wildman–Crippen LogP) is 3.29. The van der Waals surface area contributed by atoms with E-state index in [1.54, 1.807) is 6.20 Å². The second-order valence-corrected chi connectivity index (χ2v) is 6.60. The van der Waals surface area contributed by atoms with Crippen LogP contribution in [0.3, 0.4) is 0 Å². The zero-order valence-electron chi connectivity index (χ0n) is 13.9. The first-order valence-corrected chi connectivity index (χ1v) is 8.65. The van der Waals surface area contributed by atoms with Gasteiger partial charge in [-0.3, -0.25) is 9.97 Å². The fraction of sp³-hybridized carbons (Fsp3) is 0.211. The molecular weight excluding hydrogens is 330 g/mol. The Bertz CT molecular complexity index is 862. The molecule has 0 aromatic carbocycles. The molecule has 5 nitrogen and oxygen atoms in total. The van der Waals surface area contributed by atoms with Gasteiger partial charge in [0.1, 0.15) is 0 Å². The minimum absolute atomic E-state index is 0.00317. The zero-order valence-corrected chi connectivity index (χ0v) is 14.7. The third kappa shape index (κ3) is 3.13. The molecule has 6 heteroatoms. The van der Waals surface area contributed by atoms with Gasteiger partial charge >= 0.3 is 0 Å². The lowest BCUT2D eigenvalue weighted by Gasteiger charge is -2.27. The number of aromatic nitrogens is 3. The Labute approximate surface area is 152 Å².